The van der Waals surface area contributed by atoms with E-state index in [0.717, 1.165) is 35.2 Å². The first-order chi connectivity index (χ1) is 21.0. The molecule has 2 aliphatic rings. The van der Waals surface area contributed by atoms with Crippen molar-refractivity contribution in [2.24, 2.45) is 0 Å². The number of likely N-dealkylation sites (tertiary alicyclic amines) is 1. The monoisotopic (exact) mass is 596 g/mol. The summed E-state index contributed by atoms with van der Waals surface area (Å²) in [6.45, 7) is 2.99. The van der Waals surface area contributed by atoms with Crippen LogP contribution in [0.25, 0.3) is 43.1 Å². The lowest BCUT2D eigenvalue weighted by molar-refractivity contribution is 0.188. The van der Waals surface area contributed by atoms with Gasteiger partial charge in [0.2, 0.25) is 0 Å². The van der Waals surface area contributed by atoms with Gasteiger partial charge in [-0.3, -0.25) is 4.68 Å². The number of likely N-dealkylation sites (N-methyl/N-ethyl adjacent to an activating group) is 1. The lowest BCUT2D eigenvalue weighted by Crippen LogP contribution is -2.31. The summed E-state index contributed by atoms with van der Waals surface area (Å²) in [6, 6.07) is 9.89. The third-order valence-electron chi connectivity index (χ3n) is 8.59. The largest absolute Gasteiger partial charge is 0.462 e. The molecule has 43 heavy (non-hydrogen) atoms. The number of benzene rings is 2. The van der Waals surface area contributed by atoms with Crippen molar-refractivity contribution in [3.8, 4) is 17.1 Å². The van der Waals surface area contributed by atoms with Crippen LogP contribution in [0.4, 0.5) is 21.2 Å². The average Bonchev–Trinajstić information content (AvgIpc) is 3.70. The Balaban J connectivity index is 1.37. The highest BCUT2D eigenvalue weighted by Crippen LogP contribution is 2.44. The fourth-order valence-corrected chi connectivity index (χ4v) is 7.16. The van der Waals surface area contributed by atoms with E-state index < -0.39 is 5.82 Å². The molecule has 0 saturated carbocycles. The van der Waals surface area contributed by atoms with Gasteiger partial charge in [0.05, 0.1) is 33.9 Å². The molecule has 2 aliphatic heterocycles. The molecule has 2 aromatic carbocycles. The van der Waals surface area contributed by atoms with Crippen molar-refractivity contribution >= 4 is 60.1 Å². The minimum atomic E-state index is -0.477. The minimum Gasteiger partial charge on any atom is -0.462 e. The summed E-state index contributed by atoms with van der Waals surface area (Å²) in [5.41, 5.74) is 15.8. The first kappa shape index (κ1) is 26.0. The Labute approximate surface area is 249 Å². The van der Waals surface area contributed by atoms with E-state index in [2.05, 4.69) is 26.8 Å². The van der Waals surface area contributed by atoms with Gasteiger partial charge in [0, 0.05) is 47.4 Å². The summed E-state index contributed by atoms with van der Waals surface area (Å²) < 4.78 is 26.1. The summed E-state index contributed by atoms with van der Waals surface area (Å²) in [4.78, 5) is 22.8. The van der Waals surface area contributed by atoms with Gasteiger partial charge in [-0.2, -0.15) is 15.1 Å². The molecule has 0 unspecified atom stereocenters. The van der Waals surface area contributed by atoms with Crippen molar-refractivity contribution in [3.05, 3.63) is 54.1 Å². The van der Waals surface area contributed by atoms with Crippen LogP contribution in [0.3, 0.4) is 0 Å². The van der Waals surface area contributed by atoms with E-state index in [1.54, 1.807) is 12.4 Å². The van der Waals surface area contributed by atoms with Gasteiger partial charge in [-0.05, 0) is 38.6 Å². The Morgan fingerprint density at radius 1 is 1.07 bits per heavy atom. The first-order valence-electron chi connectivity index (χ1n) is 14.3. The molecular formula is C30H29FN10OS. The maximum Gasteiger partial charge on any atom is 0.319 e. The van der Waals surface area contributed by atoms with Crippen LogP contribution in [0.2, 0.25) is 0 Å². The number of anilines is 3. The van der Waals surface area contributed by atoms with Gasteiger partial charge < -0.3 is 26.0 Å². The number of para-hydroxylation sites is 1. The Hall–Kier alpha value is -4.62. The lowest BCUT2D eigenvalue weighted by Gasteiger charge is -2.25. The van der Waals surface area contributed by atoms with Crippen LogP contribution in [-0.2, 0) is 13.1 Å². The molecular weight excluding hydrogens is 567 g/mol. The number of nitrogens with zero attached hydrogens (tertiary/aromatic N) is 8. The van der Waals surface area contributed by atoms with Crippen molar-refractivity contribution in [3.63, 3.8) is 0 Å². The summed E-state index contributed by atoms with van der Waals surface area (Å²) in [5.74, 6) is 0.544. The van der Waals surface area contributed by atoms with Gasteiger partial charge in [-0.1, -0.05) is 29.5 Å². The number of nitrogens with two attached hydrogens (primary N) is 2. The Morgan fingerprint density at radius 3 is 2.81 bits per heavy atom. The third kappa shape index (κ3) is 4.21. The fourth-order valence-electron chi connectivity index (χ4n) is 6.39. The molecule has 6 aromatic rings. The quantitative estimate of drug-likeness (QED) is 0.284. The zero-order chi connectivity index (χ0) is 29.2. The Kier molecular flexibility index (Phi) is 6.05. The molecule has 4 N–H and O–H groups in total. The maximum atomic E-state index is 17.1. The smallest absolute Gasteiger partial charge is 0.319 e. The standard InChI is InChI=1S/C30H29FN10OS/c1-39-10-4-6-17(39)15-42-30-37-25-22-26-19(21(23(25)31)18-7-2-8-20-24(18)36-29(33)43-20)13-35-41(26)12-11-40(28(22)38-30)14-16-5-3-9-34-27(16)32/h2-3,5,7-9,13,17H,4,6,10-12,14-15H2,1H3,(H2,32,34)(H2,33,36)/t17-/m0/s1. The van der Waals surface area contributed by atoms with Gasteiger partial charge in [-0.15, -0.1) is 0 Å². The Bertz CT molecular complexity index is 2040. The number of nitrogen functional groups attached to an aromatic ring is 2. The van der Waals surface area contributed by atoms with E-state index in [-0.39, 0.29) is 17.6 Å². The highest BCUT2D eigenvalue weighted by atomic mass is 32.1. The van der Waals surface area contributed by atoms with Gasteiger partial charge in [0.25, 0.3) is 0 Å². The zero-order valence-corrected chi connectivity index (χ0v) is 24.3. The van der Waals surface area contributed by atoms with E-state index >= 15 is 4.39 Å². The molecule has 1 fully saturated rings. The van der Waals surface area contributed by atoms with E-state index in [1.165, 1.54) is 11.3 Å². The van der Waals surface area contributed by atoms with Crippen molar-refractivity contribution in [1.29, 1.82) is 0 Å². The molecule has 1 saturated heterocycles. The second-order valence-electron chi connectivity index (χ2n) is 11.1. The SMILES string of the molecule is CN1CCC[C@H]1COc1nc2c3c(n1)c(F)c(-c1cccc4sc(N)nc14)c1cnn(c13)CCN2Cc1cccnc1N. The van der Waals surface area contributed by atoms with Gasteiger partial charge in [0.15, 0.2) is 10.9 Å². The molecule has 0 radical (unpaired) electrons. The number of halogens is 1. The third-order valence-corrected chi connectivity index (χ3v) is 9.44. The molecule has 11 nitrogen and oxygen atoms in total. The van der Waals surface area contributed by atoms with E-state index in [9.17, 15) is 0 Å². The van der Waals surface area contributed by atoms with Gasteiger partial charge in [-0.25, -0.2) is 14.4 Å². The van der Waals surface area contributed by atoms with Crippen LogP contribution in [0.15, 0.2) is 42.7 Å². The molecule has 0 aliphatic carbocycles. The topological polar surface area (TPSA) is 137 Å². The van der Waals surface area contributed by atoms with Crippen LogP contribution in [0.1, 0.15) is 18.4 Å². The van der Waals surface area contributed by atoms with Crippen LogP contribution >= 0.6 is 11.3 Å². The second-order valence-corrected chi connectivity index (χ2v) is 12.2. The number of ether oxygens (including phenoxy) is 1. The molecule has 13 heteroatoms. The first-order valence-corrected chi connectivity index (χ1v) is 15.1. The average molecular weight is 597 g/mol. The van der Waals surface area contributed by atoms with E-state index in [0.29, 0.717) is 70.4 Å². The van der Waals surface area contributed by atoms with Crippen LogP contribution < -0.4 is 21.1 Å². The molecule has 1 atom stereocenters. The number of fused-ring (bicyclic) bond motifs is 1. The molecule has 8 rings (SSSR count). The number of hydrogen-bond donors (Lipinski definition) is 2. The van der Waals surface area contributed by atoms with Crippen molar-refractivity contribution in [1.82, 2.24) is 34.6 Å². The molecule has 6 heterocycles. The Morgan fingerprint density at radius 2 is 1.98 bits per heavy atom. The summed E-state index contributed by atoms with van der Waals surface area (Å²) in [7, 11) is 2.09. The highest BCUT2D eigenvalue weighted by molar-refractivity contribution is 7.22. The number of hydrogen-bond acceptors (Lipinski definition) is 11. The van der Waals surface area contributed by atoms with Crippen molar-refractivity contribution < 1.29 is 9.13 Å². The highest BCUT2D eigenvalue weighted by Gasteiger charge is 2.30. The fraction of sp³-hybridized carbons (Fsp3) is 0.300. The van der Waals surface area contributed by atoms with Crippen LogP contribution in [-0.4, -0.2) is 67.4 Å². The van der Waals surface area contributed by atoms with E-state index in [1.807, 2.05) is 35.0 Å². The number of thiazole rings is 1. The number of aromatic nitrogens is 6. The predicted octanol–water partition coefficient (Wildman–Crippen LogP) is 4.45. The number of pyridine rings is 1. The molecule has 0 spiro atoms. The number of rotatable bonds is 6. The molecule has 0 amide bonds. The predicted molar refractivity (Wildman–Crippen MR) is 167 cm³/mol. The summed E-state index contributed by atoms with van der Waals surface area (Å²) >= 11 is 1.37. The van der Waals surface area contributed by atoms with Gasteiger partial charge >= 0.3 is 6.01 Å². The normalized spacial score (nSPS) is 17.1. The minimum absolute atomic E-state index is 0.139. The molecule has 0 bridgehead atoms. The summed E-state index contributed by atoms with van der Waals surface area (Å²) in [6.07, 6.45) is 5.53. The molecule has 218 valence electrons. The summed E-state index contributed by atoms with van der Waals surface area (Å²) in [5, 5.41) is 6.39. The van der Waals surface area contributed by atoms with E-state index in [4.69, 9.17) is 31.3 Å². The van der Waals surface area contributed by atoms with Crippen LogP contribution in [0.5, 0.6) is 6.01 Å². The maximum absolute atomic E-state index is 17.1. The van der Waals surface area contributed by atoms with Crippen LogP contribution in [0, 0.1) is 5.82 Å². The van der Waals surface area contributed by atoms with Gasteiger partial charge in [0.1, 0.15) is 23.8 Å². The second kappa shape index (κ2) is 9.99. The van der Waals surface area contributed by atoms with Crippen molar-refractivity contribution in [2.45, 2.75) is 32.0 Å². The zero-order valence-electron chi connectivity index (χ0n) is 23.5. The lowest BCUT2D eigenvalue weighted by atomic mass is 9.97. The van der Waals surface area contributed by atoms with Crippen molar-refractivity contribution in [2.75, 3.05) is 43.1 Å². The molecule has 4 aromatic heterocycles.